The molecule has 0 aliphatic carbocycles. The monoisotopic (exact) mass is 497 g/mol. The van der Waals surface area contributed by atoms with Crippen LogP contribution in [0.2, 0.25) is 0 Å². The molecule has 190 valence electrons. The summed E-state index contributed by atoms with van der Waals surface area (Å²) in [6.07, 6.45) is -6.25. The van der Waals surface area contributed by atoms with E-state index in [2.05, 4.69) is 10.1 Å². The molecular weight excluding hydrogens is 470 g/mol. The Morgan fingerprint density at radius 1 is 0.972 bits per heavy atom. The van der Waals surface area contributed by atoms with Crippen LogP contribution >= 0.6 is 0 Å². The Balaban J connectivity index is 1.25. The quantitative estimate of drug-likeness (QED) is 0.197. The molecule has 3 aromatic rings. The van der Waals surface area contributed by atoms with Gasteiger partial charge >= 0.3 is 0 Å². The van der Waals surface area contributed by atoms with Crippen LogP contribution in [-0.4, -0.2) is 92.5 Å². The fourth-order valence-electron chi connectivity index (χ4n) is 4.34. The Hall–Kier alpha value is -3.32. The SMILES string of the molecule is OC[C@H]1OC(OCCCO/N=C2\C(c3c(O)[nH]c4ccccc34)=Nc3ccccc32)[C@H](O)[C@@H](O)[C@@H]1O. The molecule has 5 atom stereocenters. The van der Waals surface area contributed by atoms with E-state index in [9.17, 15) is 25.5 Å². The van der Waals surface area contributed by atoms with Crippen molar-refractivity contribution in [3.63, 3.8) is 0 Å². The van der Waals surface area contributed by atoms with Crippen LogP contribution in [0.15, 0.2) is 58.7 Å². The highest BCUT2D eigenvalue weighted by atomic mass is 16.7. The Morgan fingerprint density at radius 3 is 2.58 bits per heavy atom. The number of para-hydroxylation sites is 2. The zero-order valence-corrected chi connectivity index (χ0v) is 19.2. The van der Waals surface area contributed by atoms with Gasteiger partial charge in [-0.1, -0.05) is 41.6 Å². The zero-order valence-electron chi connectivity index (χ0n) is 19.2. The third-order valence-electron chi connectivity index (χ3n) is 6.21. The van der Waals surface area contributed by atoms with Crippen molar-refractivity contribution >= 4 is 28.0 Å². The number of benzene rings is 2. The van der Waals surface area contributed by atoms with Crippen LogP contribution in [0.3, 0.4) is 0 Å². The summed E-state index contributed by atoms with van der Waals surface area (Å²) in [5.74, 6) is -0.0108. The highest BCUT2D eigenvalue weighted by Crippen LogP contribution is 2.35. The molecule has 0 saturated carbocycles. The van der Waals surface area contributed by atoms with Gasteiger partial charge < -0.3 is 44.8 Å². The maximum absolute atomic E-state index is 10.6. The highest BCUT2D eigenvalue weighted by molar-refractivity contribution is 6.58. The second-order valence-electron chi connectivity index (χ2n) is 8.57. The van der Waals surface area contributed by atoms with Crippen LogP contribution in [0.25, 0.3) is 10.9 Å². The summed E-state index contributed by atoms with van der Waals surface area (Å²) in [5, 5.41) is 54.8. The number of hydrogen-bond acceptors (Lipinski definition) is 10. The number of fused-ring (bicyclic) bond motifs is 2. The van der Waals surface area contributed by atoms with Gasteiger partial charge in [0.25, 0.3) is 0 Å². The smallest absolute Gasteiger partial charge is 0.199 e. The summed E-state index contributed by atoms with van der Waals surface area (Å²) in [6, 6.07) is 15.0. The van der Waals surface area contributed by atoms with Crippen molar-refractivity contribution in [2.45, 2.75) is 37.1 Å². The Kier molecular flexibility index (Phi) is 7.01. The van der Waals surface area contributed by atoms with Gasteiger partial charge in [-0.3, -0.25) is 0 Å². The van der Waals surface area contributed by atoms with E-state index in [4.69, 9.17) is 19.3 Å². The molecule has 1 unspecified atom stereocenters. The maximum atomic E-state index is 10.6. The van der Waals surface area contributed by atoms with E-state index < -0.39 is 37.3 Å². The molecule has 11 nitrogen and oxygen atoms in total. The number of H-pyrrole nitrogens is 1. The van der Waals surface area contributed by atoms with Crippen LogP contribution in [0, 0.1) is 0 Å². The number of aromatic hydroxyl groups is 1. The van der Waals surface area contributed by atoms with Gasteiger partial charge in [-0.05, 0) is 12.1 Å². The van der Waals surface area contributed by atoms with Gasteiger partial charge in [0, 0.05) is 22.9 Å². The van der Waals surface area contributed by atoms with E-state index in [1.807, 2.05) is 48.5 Å². The Bertz CT molecular complexity index is 1290. The minimum Gasteiger partial charge on any atom is -0.494 e. The van der Waals surface area contributed by atoms with E-state index in [0.717, 1.165) is 16.5 Å². The molecule has 6 N–H and O–H groups in total. The zero-order chi connectivity index (χ0) is 25.2. The van der Waals surface area contributed by atoms with E-state index >= 15 is 0 Å². The first-order chi connectivity index (χ1) is 17.5. The van der Waals surface area contributed by atoms with Gasteiger partial charge in [-0.2, -0.15) is 0 Å². The van der Waals surface area contributed by atoms with Crippen LogP contribution in [-0.2, 0) is 14.3 Å². The normalized spacial score (nSPS) is 26.8. The van der Waals surface area contributed by atoms with Gasteiger partial charge in [0.05, 0.1) is 24.5 Å². The van der Waals surface area contributed by atoms with Crippen molar-refractivity contribution in [3.8, 4) is 5.88 Å². The van der Waals surface area contributed by atoms with E-state index in [0.29, 0.717) is 29.1 Å². The van der Waals surface area contributed by atoms with E-state index in [1.54, 1.807) is 0 Å². The summed E-state index contributed by atoms with van der Waals surface area (Å²) in [5.41, 5.74) is 3.77. The molecule has 1 saturated heterocycles. The highest BCUT2D eigenvalue weighted by Gasteiger charge is 2.43. The Labute approximate surface area is 205 Å². The van der Waals surface area contributed by atoms with Crippen molar-refractivity contribution in [1.82, 2.24) is 4.98 Å². The van der Waals surface area contributed by atoms with E-state index in [-0.39, 0.29) is 19.1 Å². The molecule has 2 aliphatic rings. The molecule has 36 heavy (non-hydrogen) atoms. The van der Waals surface area contributed by atoms with Crippen LogP contribution in [0.1, 0.15) is 17.5 Å². The first kappa shape index (κ1) is 24.4. The van der Waals surface area contributed by atoms with Crippen molar-refractivity contribution in [3.05, 3.63) is 59.7 Å². The number of aromatic amines is 1. The van der Waals surface area contributed by atoms with Crippen molar-refractivity contribution in [2.24, 2.45) is 10.1 Å². The van der Waals surface area contributed by atoms with Crippen LogP contribution in [0.4, 0.5) is 5.69 Å². The number of aliphatic imine (C=N–C) groups is 1. The second-order valence-corrected chi connectivity index (χ2v) is 8.57. The first-order valence-corrected chi connectivity index (χ1v) is 11.6. The summed E-state index contributed by atoms with van der Waals surface area (Å²) in [7, 11) is 0. The van der Waals surface area contributed by atoms with Crippen LogP contribution in [0.5, 0.6) is 5.88 Å². The molecular formula is C25H27N3O8. The third kappa shape index (κ3) is 4.48. The van der Waals surface area contributed by atoms with Crippen LogP contribution < -0.4 is 0 Å². The molecule has 0 spiro atoms. The van der Waals surface area contributed by atoms with Gasteiger partial charge in [-0.15, -0.1) is 0 Å². The first-order valence-electron chi connectivity index (χ1n) is 11.6. The van der Waals surface area contributed by atoms with Gasteiger partial charge in [-0.25, -0.2) is 4.99 Å². The Morgan fingerprint density at radius 2 is 1.75 bits per heavy atom. The molecule has 11 heteroatoms. The lowest BCUT2D eigenvalue weighted by molar-refractivity contribution is -0.301. The molecule has 2 aromatic carbocycles. The van der Waals surface area contributed by atoms with Gasteiger partial charge in [0.15, 0.2) is 12.2 Å². The molecule has 3 heterocycles. The number of ether oxygens (including phenoxy) is 2. The lowest BCUT2D eigenvalue weighted by Gasteiger charge is -2.39. The molecule has 1 aromatic heterocycles. The fourth-order valence-corrected chi connectivity index (χ4v) is 4.34. The summed E-state index contributed by atoms with van der Waals surface area (Å²) in [4.78, 5) is 13.2. The molecule has 2 aliphatic heterocycles. The topological polar surface area (TPSA) is 169 Å². The average molecular weight is 498 g/mol. The van der Waals surface area contributed by atoms with Gasteiger partial charge in [0.2, 0.25) is 0 Å². The summed E-state index contributed by atoms with van der Waals surface area (Å²) in [6.45, 7) is -0.257. The van der Waals surface area contributed by atoms with Crippen molar-refractivity contribution < 1.29 is 39.8 Å². The lowest BCUT2D eigenvalue weighted by atomic mass is 9.99. The third-order valence-corrected chi connectivity index (χ3v) is 6.21. The average Bonchev–Trinajstić information content (AvgIpc) is 3.42. The van der Waals surface area contributed by atoms with Crippen molar-refractivity contribution in [2.75, 3.05) is 19.8 Å². The second kappa shape index (κ2) is 10.3. The number of nitrogens with one attached hydrogen (secondary N) is 1. The summed E-state index contributed by atoms with van der Waals surface area (Å²) < 4.78 is 10.8. The molecule has 0 radical (unpaired) electrons. The number of nitrogens with zero attached hydrogens (tertiary/aromatic N) is 2. The van der Waals surface area contributed by atoms with Gasteiger partial charge in [0.1, 0.15) is 42.4 Å². The minimum absolute atomic E-state index is 0.0108. The molecule has 0 amide bonds. The largest absolute Gasteiger partial charge is 0.494 e. The number of rotatable bonds is 8. The standard InChI is InChI=1S/C25H27N3O8/c29-12-17-21(30)22(31)23(32)25(36-17)34-10-5-11-35-28-19-14-7-2-4-9-16(14)26-20(19)18-13-6-1-3-8-15(13)27-24(18)33/h1-4,6-9,17,21-23,25,27,29-33H,5,10-12H2/b28-19-/t17-,21-,22+,23-,25?/m1/s1. The number of aromatic nitrogens is 1. The minimum atomic E-state index is -1.50. The molecule has 0 bridgehead atoms. The maximum Gasteiger partial charge on any atom is 0.199 e. The van der Waals surface area contributed by atoms with Crippen molar-refractivity contribution in [1.29, 1.82) is 0 Å². The predicted octanol–water partition coefficient (Wildman–Crippen LogP) is 0.935. The number of aliphatic hydroxyl groups excluding tert-OH is 4. The number of hydrogen-bond donors (Lipinski definition) is 6. The predicted molar refractivity (Wildman–Crippen MR) is 129 cm³/mol. The number of oxime groups is 1. The summed E-state index contributed by atoms with van der Waals surface area (Å²) >= 11 is 0. The number of aliphatic hydroxyl groups is 4. The molecule has 5 rings (SSSR count). The lowest BCUT2D eigenvalue weighted by Crippen LogP contribution is -2.59. The fraction of sp³-hybridized carbons (Fsp3) is 0.360. The molecule has 1 fully saturated rings. The van der Waals surface area contributed by atoms with E-state index in [1.165, 1.54) is 0 Å².